The van der Waals surface area contributed by atoms with Crippen molar-refractivity contribution in [2.45, 2.75) is 13.5 Å². The van der Waals surface area contributed by atoms with Gasteiger partial charge in [0.15, 0.2) is 0 Å². The third-order valence-electron chi connectivity index (χ3n) is 2.90. The molecule has 100 valence electrons. The number of nitro groups is 1. The lowest BCUT2D eigenvalue weighted by Crippen LogP contribution is -2.00. The Morgan fingerprint density at radius 1 is 1.30 bits per heavy atom. The molecule has 0 aliphatic heterocycles. The number of ether oxygens (including phenoxy) is 1. The van der Waals surface area contributed by atoms with Gasteiger partial charge in [-0.2, -0.15) is 5.26 Å². The first kappa shape index (κ1) is 13.6. The lowest BCUT2D eigenvalue weighted by molar-refractivity contribution is -0.385. The average molecular weight is 268 g/mol. The normalized spacial score (nSPS) is 9.80. The van der Waals surface area contributed by atoms with Gasteiger partial charge in [-0.1, -0.05) is 30.3 Å². The number of nitro benzene ring substituents is 1. The summed E-state index contributed by atoms with van der Waals surface area (Å²) in [4.78, 5) is 10.4. The van der Waals surface area contributed by atoms with Gasteiger partial charge in [-0.05, 0) is 18.6 Å². The highest BCUT2D eigenvalue weighted by molar-refractivity contribution is 5.54. The van der Waals surface area contributed by atoms with E-state index in [-0.39, 0.29) is 11.3 Å². The van der Waals surface area contributed by atoms with Crippen molar-refractivity contribution in [3.63, 3.8) is 0 Å². The topological polar surface area (TPSA) is 76.2 Å². The van der Waals surface area contributed by atoms with Crippen LogP contribution in [0.15, 0.2) is 42.5 Å². The molecule has 0 bridgehead atoms. The van der Waals surface area contributed by atoms with E-state index in [1.807, 2.05) is 36.4 Å². The van der Waals surface area contributed by atoms with Gasteiger partial charge < -0.3 is 4.74 Å². The van der Waals surface area contributed by atoms with Crippen LogP contribution in [0.5, 0.6) is 5.75 Å². The summed E-state index contributed by atoms with van der Waals surface area (Å²) in [6.07, 6.45) is 0. The average Bonchev–Trinajstić information content (AvgIpc) is 2.47. The number of nitriles is 1. The SMILES string of the molecule is Cc1c(OCc2ccccc2)cc(C#N)cc1[N+](=O)[O-]. The standard InChI is InChI=1S/C15H12N2O3/c1-11-14(17(18)19)7-13(9-16)8-15(11)20-10-12-5-3-2-4-6-12/h2-8H,10H2,1H3. The lowest BCUT2D eigenvalue weighted by atomic mass is 10.1. The zero-order valence-corrected chi connectivity index (χ0v) is 10.9. The van der Waals surface area contributed by atoms with Crippen LogP contribution in [0, 0.1) is 28.4 Å². The highest BCUT2D eigenvalue weighted by Crippen LogP contribution is 2.29. The lowest BCUT2D eigenvalue weighted by Gasteiger charge is -2.10. The Morgan fingerprint density at radius 3 is 2.60 bits per heavy atom. The Hall–Kier alpha value is -2.87. The summed E-state index contributed by atoms with van der Waals surface area (Å²) in [5.41, 5.74) is 1.49. The second kappa shape index (κ2) is 5.85. The number of benzene rings is 2. The maximum Gasteiger partial charge on any atom is 0.277 e. The van der Waals surface area contributed by atoms with E-state index in [1.54, 1.807) is 6.92 Å². The Bertz CT molecular complexity index is 676. The van der Waals surface area contributed by atoms with Crippen LogP contribution in [-0.2, 0) is 6.61 Å². The molecule has 2 rings (SSSR count). The first-order valence-electron chi connectivity index (χ1n) is 5.97. The van der Waals surface area contributed by atoms with Gasteiger partial charge in [-0.25, -0.2) is 0 Å². The van der Waals surface area contributed by atoms with Crippen LogP contribution in [-0.4, -0.2) is 4.92 Å². The summed E-state index contributed by atoms with van der Waals surface area (Å²) in [6.45, 7) is 1.91. The molecule has 0 saturated carbocycles. The van der Waals surface area contributed by atoms with Crippen LogP contribution >= 0.6 is 0 Å². The maximum atomic E-state index is 11.0. The minimum atomic E-state index is -0.508. The molecule has 0 aromatic heterocycles. The molecule has 0 spiro atoms. The molecule has 5 heteroatoms. The van der Waals surface area contributed by atoms with Crippen LogP contribution in [0.1, 0.15) is 16.7 Å². The van der Waals surface area contributed by atoms with Gasteiger partial charge in [0.2, 0.25) is 0 Å². The molecular formula is C15H12N2O3. The van der Waals surface area contributed by atoms with Crippen molar-refractivity contribution in [2.24, 2.45) is 0 Å². The fourth-order valence-electron chi connectivity index (χ4n) is 1.81. The van der Waals surface area contributed by atoms with E-state index in [2.05, 4.69) is 0 Å². The maximum absolute atomic E-state index is 11.0. The van der Waals surface area contributed by atoms with Gasteiger partial charge in [-0.3, -0.25) is 10.1 Å². The molecule has 0 aliphatic carbocycles. The Balaban J connectivity index is 2.29. The third-order valence-corrected chi connectivity index (χ3v) is 2.90. The minimum Gasteiger partial charge on any atom is -0.488 e. The number of hydrogen-bond acceptors (Lipinski definition) is 4. The van der Waals surface area contributed by atoms with E-state index in [4.69, 9.17) is 10.00 Å². The van der Waals surface area contributed by atoms with Gasteiger partial charge in [0, 0.05) is 6.07 Å². The van der Waals surface area contributed by atoms with E-state index in [0.717, 1.165) is 5.56 Å². The smallest absolute Gasteiger partial charge is 0.277 e. The Morgan fingerprint density at radius 2 is 2.00 bits per heavy atom. The summed E-state index contributed by atoms with van der Waals surface area (Å²) in [6, 6.07) is 14.2. The Kier molecular flexibility index (Phi) is 3.96. The van der Waals surface area contributed by atoms with Crippen molar-refractivity contribution < 1.29 is 9.66 Å². The monoisotopic (exact) mass is 268 g/mol. The predicted molar refractivity (Wildman–Crippen MR) is 73.3 cm³/mol. The van der Waals surface area contributed by atoms with E-state index in [1.165, 1.54) is 12.1 Å². The van der Waals surface area contributed by atoms with Gasteiger partial charge in [0.25, 0.3) is 5.69 Å². The van der Waals surface area contributed by atoms with Crippen LogP contribution < -0.4 is 4.74 Å². The molecule has 5 nitrogen and oxygen atoms in total. The fraction of sp³-hybridized carbons (Fsp3) is 0.133. The summed E-state index contributed by atoms with van der Waals surface area (Å²) >= 11 is 0. The molecule has 0 fully saturated rings. The Labute approximate surface area is 116 Å². The molecule has 0 heterocycles. The first-order chi connectivity index (χ1) is 9.61. The second-order valence-corrected chi connectivity index (χ2v) is 4.26. The largest absolute Gasteiger partial charge is 0.488 e. The summed E-state index contributed by atoms with van der Waals surface area (Å²) < 4.78 is 5.60. The van der Waals surface area contributed by atoms with E-state index in [9.17, 15) is 10.1 Å². The number of rotatable bonds is 4. The van der Waals surface area contributed by atoms with Gasteiger partial charge >= 0.3 is 0 Å². The van der Waals surface area contributed by atoms with Crippen LogP contribution in [0.4, 0.5) is 5.69 Å². The number of hydrogen-bond donors (Lipinski definition) is 0. The molecule has 0 amide bonds. The molecule has 20 heavy (non-hydrogen) atoms. The summed E-state index contributed by atoms with van der Waals surface area (Å²) in [5, 5.41) is 19.9. The van der Waals surface area contributed by atoms with Gasteiger partial charge in [-0.15, -0.1) is 0 Å². The van der Waals surface area contributed by atoms with E-state index in [0.29, 0.717) is 17.9 Å². The first-order valence-corrected chi connectivity index (χ1v) is 5.97. The van der Waals surface area contributed by atoms with Crippen molar-refractivity contribution in [1.82, 2.24) is 0 Å². The number of nitrogens with zero attached hydrogens (tertiary/aromatic N) is 2. The minimum absolute atomic E-state index is 0.105. The molecule has 0 unspecified atom stereocenters. The predicted octanol–water partition coefficient (Wildman–Crippen LogP) is 3.35. The molecule has 0 aliphatic rings. The van der Waals surface area contributed by atoms with Gasteiger partial charge in [0.1, 0.15) is 12.4 Å². The molecule has 0 N–H and O–H groups in total. The van der Waals surface area contributed by atoms with Gasteiger partial charge in [0.05, 0.1) is 22.1 Å². The third kappa shape index (κ3) is 2.93. The zero-order valence-electron chi connectivity index (χ0n) is 10.9. The summed E-state index contributed by atoms with van der Waals surface area (Å²) in [5.74, 6) is 0.361. The van der Waals surface area contributed by atoms with Crippen molar-refractivity contribution in [1.29, 1.82) is 5.26 Å². The van der Waals surface area contributed by atoms with Crippen LogP contribution in [0.2, 0.25) is 0 Å². The fourth-order valence-corrected chi connectivity index (χ4v) is 1.81. The molecule has 2 aromatic rings. The van der Waals surface area contributed by atoms with Crippen molar-refractivity contribution in [2.75, 3.05) is 0 Å². The second-order valence-electron chi connectivity index (χ2n) is 4.26. The molecular weight excluding hydrogens is 256 g/mol. The highest BCUT2D eigenvalue weighted by atomic mass is 16.6. The van der Waals surface area contributed by atoms with Crippen LogP contribution in [0.3, 0.4) is 0 Å². The van der Waals surface area contributed by atoms with Crippen molar-refractivity contribution in [3.8, 4) is 11.8 Å². The quantitative estimate of drug-likeness (QED) is 0.629. The molecule has 2 aromatic carbocycles. The zero-order chi connectivity index (χ0) is 14.5. The van der Waals surface area contributed by atoms with Crippen LogP contribution in [0.25, 0.3) is 0 Å². The molecule has 0 atom stereocenters. The highest BCUT2D eigenvalue weighted by Gasteiger charge is 2.17. The molecule has 0 saturated heterocycles. The van der Waals surface area contributed by atoms with Crippen molar-refractivity contribution >= 4 is 5.69 Å². The molecule has 0 radical (unpaired) electrons. The van der Waals surface area contributed by atoms with Crippen molar-refractivity contribution in [3.05, 3.63) is 69.3 Å². The van der Waals surface area contributed by atoms with E-state index < -0.39 is 4.92 Å². The van der Waals surface area contributed by atoms with E-state index >= 15 is 0 Å². The summed E-state index contributed by atoms with van der Waals surface area (Å²) in [7, 11) is 0.